The van der Waals surface area contributed by atoms with Gasteiger partial charge < -0.3 is 14.8 Å². The molecule has 5 rings (SSSR count). The molecule has 0 atom stereocenters. The van der Waals surface area contributed by atoms with Crippen LogP contribution in [0.25, 0.3) is 22.6 Å². The zero-order valence-corrected chi connectivity index (χ0v) is 21.7. The van der Waals surface area contributed by atoms with Crippen molar-refractivity contribution in [2.75, 3.05) is 13.1 Å². The average Bonchev–Trinajstić information content (AvgIpc) is 3.59. The van der Waals surface area contributed by atoms with Crippen LogP contribution in [0, 0.1) is 0 Å². The van der Waals surface area contributed by atoms with Gasteiger partial charge in [0.05, 0.1) is 18.2 Å². The van der Waals surface area contributed by atoms with Crippen molar-refractivity contribution in [1.29, 1.82) is 0 Å². The highest BCUT2D eigenvalue weighted by Gasteiger charge is 2.38. The van der Waals surface area contributed by atoms with Gasteiger partial charge in [-0.2, -0.15) is 26.3 Å². The maximum atomic E-state index is 10.6. The van der Waals surface area contributed by atoms with E-state index in [1.54, 1.807) is 12.4 Å². The predicted molar refractivity (Wildman–Crippen MR) is 134 cm³/mol. The second-order valence-electron chi connectivity index (χ2n) is 8.49. The Morgan fingerprint density at radius 3 is 2.10 bits per heavy atom. The van der Waals surface area contributed by atoms with E-state index in [0.717, 1.165) is 49.4 Å². The summed E-state index contributed by atoms with van der Waals surface area (Å²) in [6, 6.07) is 8.69. The number of halogens is 6. The smallest absolute Gasteiger partial charge is 0.475 e. The minimum absolute atomic E-state index is 0.424. The molecular formula is C24H22F6N6O4S. The van der Waals surface area contributed by atoms with E-state index in [-0.39, 0.29) is 0 Å². The first-order chi connectivity index (χ1) is 19.3. The minimum Gasteiger partial charge on any atom is -0.475 e. The molecule has 41 heavy (non-hydrogen) atoms. The highest BCUT2D eigenvalue weighted by Crippen LogP contribution is 2.28. The Bertz CT molecular complexity index is 1400. The zero-order valence-electron chi connectivity index (χ0n) is 20.9. The van der Waals surface area contributed by atoms with Gasteiger partial charge in [-0.25, -0.2) is 24.5 Å². The van der Waals surface area contributed by atoms with E-state index in [2.05, 4.69) is 41.9 Å². The maximum absolute atomic E-state index is 10.6. The van der Waals surface area contributed by atoms with E-state index in [9.17, 15) is 26.3 Å². The number of rotatable bonds is 4. The Kier molecular flexibility index (Phi) is 10.3. The third kappa shape index (κ3) is 9.21. The summed E-state index contributed by atoms with van der Waals surface area (Å²) < 4.78 is 65.7. The Morgan fingerprint density at radius 2 is 1.59 bits per heavy atom. The van der Waals surface area contributed by atoms with Crippen LogP contribution in [0.15, 0.2) is 54.6 Å². The fourth-order valence-electron chi connectivity index (χ4n) is 3.71. The molecule has 1 fully saturated rings. The molecule has 0 amide bonds. The molecular weight excluding hydrogens is 582 g/mol. The molecule has 0 aromatic carbocycles. The number of thiophene rings is 1. The first-order valence-corrected chi connectivity index (χ1v) is 12.6. The lowest BCUT2D eigenvalue weighted by Crippen LogP contribution is -2.33. The van der Waals surface area contributed by atoms with Crippen LogP contribution in [-0.4, -0.2) is 77.0 Å². The number of alkyl halides is 6. The summed E-state index contributed by atoms with van der Waals surface area (Å²) in [6.07, 6.45) is -0.688. The number of carboxylic acid groups (broad SMARTS) is 2. The molecule has 0 bridgehead atoms. The second kappa shape index (κ2) is 13.5. The number of fused-ring (bicyclic) bond motifs is 1. The minimum atomic E-state index is -5.08. The van der Waals surface area contributed by atoms with Gasteiger partial charge in [-0.1, -0.05) is 6.07 Å². The van der Waals surface area contributed by atoms with E-state index in [1.165, 1.54) is 4.88 Å². The van der Waals surface area contributed by atoms with E-state index < -0.39 is 24.3 Å². The summed E-state index contributed by atoms with van der Waals surface area (Å²) in [5.41, 5.74) is 3.40. The highest BCUT2D eigenvalue weighted by molar-refractivity contribution is 7.09. The number of pyridine rings is 1. The third-order valence-electron chi connectivity index (χ3n) is 5.64. The molecule has 1 saturated heterocycles. The first-order valence-electron chi connectivity index (χ1n) is 11.7. The van der Waals surface area contributed by atoms with Gasteiger partial charge >= 0.3 is 24.3 Å². The first kappa shape index (κ1) is 31.4. The molecule has 0 aliphatic carbocycles. The van der Waals surface area contributed by atoms with Crippen molar-refractivity contribution in [2.24, 2.45) is 0 Å². The Hall–Kier alpha value is -4.12. The third-order valence-corrected chi connectivity index (χ3v) is 6.50. The van der Waals surface area contributed by atoms with Crippen LogP contribution in [0.1, 0.15) is 23.8 Å². The van der Waals surface area contributed by atoms with E-state index in [1.807, 2.05) is 36.0 Å². The summed E-state index contributed by atoms with van der Waals surface area (Å²) >= 11 is 1.84. The van der Waals surface area contributed by atoms with Gasteiger partial charge in [-0.3, -0.25) is 9.88 Å². The van der Waals surface area contributed by atoms with Crippen LogP contribution < -0.4 is 0 Å². The fourth-order valence-corrected chi connectivity index (χ4v) is 4.45. The molecule has 10 nitrogen and oxygen atoms in total. The Balaban J connectivity index is 0.000000276. The molecule has 5 heterocycles. The quantitative estimate of drug-likeness (QED) is 0.307. The van der Waals surface area contributed by atoms with Crippen LogP contribution in [0.2, 0.25) is 0 Å². The van der Waals surface area contributed by atoms with Gasteiger partial charge in [-0.15, -0.1) is 11.3 Å². The molecule has 0 spiro atoms. The van der Waals surface area contributed by atoms with E-state index in [4.69, 9.17) is 24.8 Å². The number of nitrogens with zero attached hydrogens (tertiary/aromatic N) is 6. The Labute approximate surface area is 231 Å². The molecule has 2 N–H and O–H groups in total. The summed E-state index contributed by atoms with van der Waals surface area (Å²) in [4.78, 5) is 39.8. The van der Waals surface area contributed by atoms with Gasteiger partial charge in [-0.05, 0) is 36.4 Å². The molecule has 0 unspecified atom stereocenters. The van der Waals surface area contributed by atoms with Crippen LogP contribution in [0.3, 0.4) is 0 Å². The monoisotopic (exact) mass is 604 g/mol. The van der Waals surface area contributed by atoms with E-state index >= 15 is 0 Å². The van der Waals surface area contributed by atoms with Gasteiger partial charge in [0.25, 0.3) is 0 Å². The van der Waals surface area contributed by atoms with Crippen LogP contribution in [0.4, 0.5) is 26.3 Å². The van der Waals surface area contributed by atoms with E-state index in [0.29, 0.717) is 11.7 Å². The van der Waals surface area contributed by atoms with Crippen LogP contribution >= 0.6 is 11.3 Å². The predicted octanol–water partition coefficient (Wildman–Crippen LogP) is 5.05. The highest BCUT2D eigenvalue weighted by atomic mass is 32.1. The van der Waals surface area contributed by atoms with Crippen molar-refractivity contribution in [3.8, 4) is 11.3 Å². The summed E-state index contributed by atoms with van der Waals surface area (Å²) in [7, 11) is 0. The van der Waals surface area contributed by atoms with Crippen molar-refractivity contribution >= 4 is 34.6 Å². The number of aliphatic carboxylic acids is 2. The largest absolute Gasteiger partial charge is 0.490 e. The standard InChI is InChI=1S/C20H20N6S.2C2HF3O2/c1-3-15(11-21-7-1)18-12-22-19-20(24-18)26(14-23-19)16-5-8-25(9-6-16)13-17-4-2-10-27-17;2*3-2(4,5)1(6)7/h1-4,7,10-12,14,16H,5-6,8-9,13H2;2*(H,6,7). The fraction of sp³-hybridized carbons (Fsp3) is 0.333. The van der Waals surface area contributed by atoms with Crippen molar-refractivity contribution in [1.82, 2.24) is 29.4 Å². The van der Waals surface area contributed by atoms with Gasteiger partial charge in [0.2, 0.25) is 0 Å². The molecule has 4 aromatic rings. The number of carboxylic acids is 2. The molecule has 0 radical (unpaired) electrons. The lowest BCUT2D eigenvalue weighted by molar-refractivity contribution is -0.193. The lowest BCUT2D eigenvalue weighted by atomic mass is 10.0. The topological polar surface area (TPSA) is 134 Å². The Morgan fingerprint density at radius 1 is 0.951 bits per heavy atom. The number of hydrogen-bond donors (Lipinski definition) is 2. The molecule has 17 heteroatoms. The number of likely N-dealkylation sites (tertiary alicyclic amines) is 1. The molecule has 220 valence electrons. The van der Waals surface area contributed by atoms with Crippen LogP contribution in [0.5, 0.6) is 0 Å². The number of hydrogen-bond acceptors (Lipinski definition) is 8. The van der Waals surface area contributed by atoms with Gasteiger partial charge in [0, 0.05) is 48.5 Å². The molecule has 1 aliphatic heterocycles. The second-order valence-corrected chi connectivity index (χ2v) is 9.52. The number of aromatic nitrogens is 5. The maximum Gasteiger partial charge on any atom is 0.490 e. The lowest BCUT2D eigenvalue weighted by Gasteiger charge is -2.32. The number of carbonyl (C=O) groups is 2. The average molecular weight is 605 g/mol. The normalized spacial score (nSPS) is 14.5. The summed E-state index contributed by atoms with van der Waals surface area (Å²) in [5, 5.41) is 16.4. The van der Waals surface area contributed by atoms with Crippen molar-refractivity contribution in [2.45, 2.75) is 37.8 Å². The zero-order chi connectivity index (χ0) is 30.2. The molecule has 4 aromatic heterocycles. The van der Waals surface area contributed by atoms with Crippen molar-refractivity contribution in [3.63, 3.8) is 0 Å². The number of piperidine rings is 1. The number of imidazole rings is 1. The van der Waals surface area contributed by atoms with Crippen molar-refractivity contribution < 1.29 is 46.1 Å². The molecule has 1 aliphatic rings. The summed E-state index contributed by atoms with van der Waals surface area (Å²) in [6.45, 7) is 3.25. The van der Waals surface area contributed by atoms with Crippen LogP contribution in [-0.2, 0) is 16.1 Å². The SMILES string of the molecule is O=C(O)C(F)(F)F.O=C(O)C(F)(F)F.c1cncc(-c2cnc3ncn(C4CCN(Cc5cccs5)CC4)c3n2)c1. The molecule has 0 saturated carbocycles. The summed E-state index contributed by atoms with van der Waals surface area (Å²) in [5.74, 6) is -5.51. The van der Waals surface area contributed by atoms with Gasteiger partial charge in [0.15, 0.2) is 11.3 Å². The van der Waals surface area contributed by atoms with Crippen molar-refractivity contribution in [3.05, 3.63) is 59.4 Å². The van der Waals surface area contributed by atoms with Gasteiger partial charge in [0.1, 0.15) is 0 Å².